The highest BCUT2D eigenvalue weighted by Gasteiger charge is 2.41. The molecule has 0 unspecified atom stereocenters. The van der Waals surface area contributed by atoms with Crippen molar-refractivity contribution >= 4 is 17.8 Å². The van der Waals surface area contributed by atoms with E-state index in [9.17, 15) is 14.4 Å². The molecule has 1 aliphatic heterocycles. The molecule has 26 heavy (non-hydrogen) atoms. The summed E-state index contributed by atoms with van der Waals surface area (Å²) in [5.74, 6) is -0.784. The van der Waals surface area contributed by atoms with Crippen LogP contribution in [0.1, 0.15) is 33.2 Å². The van der Waals surface area contributed by atoms with Gasteiger partial charge in [-0.2, -0.15) is 0 Å². The number of nitrogens with zero attached hydrogens (tertiary/aromatic N) is 1. The van der Waals surface area contributed by atoms with Crippen LogP contribution in [0.2, 0.25) is 0 Å². The first-order chi connectivity index (χ1) is 12.5. The summed E-state index contributed by atoms with van der Waals surface area (Å²) in [6.45, 7) is 1.66. The minimum atomic E-state index is -0.974. The number of imide groups is 1. The smallest absolute Gasteiger partial charge is 0.329 e. The van der Waals surface area contributed by atoms with E-state index >= 15 is 0 Å². The predicted octanol–water partition coefficient (Wildman–Crippen LogP) is 2.47. The Morgan fingerprint density at radius 3 is 2.12 bits per heavy atom. The van der Waals surface area contributed by atoms with Crippen LogP contribution in [0, 0.1) is 0 Å². The fraction of sp³-hybridized carbons (Fsp3) is 0.250. The quantitative estimate of drug-likeness (QED) is 0.589. The first-order valence-electron chi connectivity index (χ1n) is 8.29. The van der Waals surface area contributed by atoms with Crippen LogP contribution < -0.4 is 4.74 Å². The third kappa shape index (κ3) is 3.31. The van der Waals surface area contributed by atoms with Gasteiger partial charge in [0.2, 0.25) is 0 Å². The number of hydrogen-bond donors (Lipinski definition) is 0. The van der Waals surface area contributed by atoms with E-state index in [1.54, 1.807) is 31.4 Å². The maximum atomic E-state index is 12.4. The van der Waals surface area contributed by atoms with Crippen molar-refractivity contribution in [1.29, 1.82) is 0 Å². The summed E-state index contributed by atoms with van der Waals surface area (Å²) in [5, 5.41) is 0. The first-order valence-corrected chi connectivity index (χ1v) is 8.29. The molecule has 2 aromatic carbocycles. The van der Waals surface area contributed by atoms with Gasteiger partial charge in [0.15, 0.2) is 0 Å². The lowest BCUT2D eigenvalue weighted by Crippen LogP contribution is -2.43. The average molecular weight is 353 g/mol. The molecular weight excluding hydrogens is 334 g/mol. The van der Waals surface area contributed by atoms with Crippen LogP contribution in [0.15, 0.2) is 48.5 Å². The number of hydrogen-bond acceptors (Lipinski definition) is 5. The Balaban J connectivity index is 1.58. The van der Waals surface area contributed by atoms with Gasteiger partial charge in [0.1, 0.15) is 11.8 Å². The molecule has 3 rings (SSSR count). The fourth-order valence-corrected chi connectivity index (χ4v) is 2.85. The molecule has 0 bridgehead atoms. The van der Waals surface area contributed by atoms with Gasteiger partial charge in [-0.05, 0) is 36.8 Å². The number of amides is 2. The second kappa shape index (κ2) is 7.39. The first kappa shape index (κ1) is 17.7. The second-order valence-electron chi connectivity index (χ2n) is 5.97. The summed E-state index contributed by atoms with van der Waals surface area (Å²) in [6, 6.07) is 13.0. The maximum absolute atomic E-state index is 12.4. The van der Waals surface area contributed by atoms with Crippen LogP contribution >= 0.6 is 0 Å². The monoisotopic (exact) mass is 353 g/mol. The minimum absolute atomic E-state index is 0.165. The van der Waals surface area contributed by atoms with Crippen molar-refractivity contribution in [3.63, 3.8) is 0 Å². The van der Waals surface area contributed by atoms with Crippen LogP contribution in [-0.4, -0.2) is 42.4 Å². The molecule has 1 aliphatic rings. The zero-order valence-corrected chi connectivity index (χ0v) is 14.6. The van der Waals surface area contributed by atoms with E-state index in [-0.39, 0.29) is 6.61 Å². The molecule has 0 radical (unpaired) electrons. The molecule has 0 fully saturated rings. The Hall–Kier alpha value is -3.15. The zero-order chi connectivity index (χ0) is 18.7. The normalized spacial score (nSPS) is 14.2. The standard InChI is InChI=1S/C20H19NO5/c1-13(21-18(22)16-5-3-4-6-17(16)19(21)23)20(24)26-12-11-14-7-9-15(25-2)10-8-14/h3-10,13H,11-12H2,1-2H3/t13-/m1/s1. The van der Waals surface area contributed by atoms with E-state index in [0.717, 1.165) is 16.2 Å². The lowest BCUT2D eigenvalue weighted by atomic mass is 10.1. The van der Waals surface area contributed by atoms with Crippen molar-refractivity contribution in [1.82, 2.24) is 4.90 Å². The molecule has 0 spiro atoms. The maximum Gasteiger partial charge on any atom is 0.329 e. The topological polar surface area (TPSA) is 72.9 Å². The number of fused-ring (bicyclic) bond motifs is 1. The van der Waals surface area contributed by atoms with Gasteiger partial charge in [-0.3, -0.25) is 14.5 Å². The number of carbonyl (C=O) groups is 3. The minimum Gasteiger partial charge on any atom is -0.497 e. The third-order valence-electron chi connectivity index (χ3n) is 4.35. The number of methoxy groups -OCH3 is 1. The highest BCUT2D eigenvalue weighted by Crippen LogP contribution is 2.24. The van der Waals surface area contributed by atoms with Crippen LogP contribution in [0.3, 0.4) is 0 Å². The van der Waals surface area contributed by atoms with Crippen molar-refractivity contribution in [2.75, 3.05) is 13.7 Å². The second-order valence-corrected chi connectivity index (χ2v) is 5.97. The van der Waals surface area contributed by atoms with Gasteiger partial charge in [-0.25, -0.2) is 4.79 Å². The molecule has 0 N–H and O–H groups in total. The molecule has 6 nitrogen and oxygen atoms in total. The van der Waals surface area contributed by atoms with E-state index in [0.29, 0.717) is 17.5 Å². The SMILES string of the molecule is COc1ccc(CCOC(=O)[C@@H](C)N2C(=O)c3ccccc3C2=O)cc1. The lowest BCUT2D eigenvalue weighted by Gasteiger charge is -2.20. The van der Waals surface area contributed by atoms with Gasteiger partial charge < -0.3 is 9.47 Å². The van der Waals surface area contributed by atoms with Gasteiger partial charge in [0.25, 0.3) is 11.8 Å². The van der Waals surface area contributed by atoms with Gasteiger partial charge >= 0.3 is 5.97 Å². The molecule has 0 saturated carbocycles. The molecule has 6 heteroatoms. The van der Waals surface area contributed by atoms with Crippen LogP contribution in [0.4, 0.5) is 0 Å². The van der Waals surface area contributed by atoms with Crippen LogP contribution in [0.5, 0.6) is 5.75 Å². The molecule has 1 heterocycles. The number of esters is 1. The van der Waals surface area contributed by atoms with E-state index in [1.165, 1.54) is 6.92 Å². The van der Waals surface area contributed by atoms with Gasteiger partial charge in [0.05, 0.1) is 24.8 Å². The summed E-state index contributed by atoms with van der Waals surface area (Å²) in [5.41, 5.74) is 1.62. The van der Waals surface area contributed by atoms with Crippen LogP contribution in [-0.2, 0) is 16.0 Å². The Kier molecular flexibility index (Phi) is 5.02. The van der Waals surface area contributed by atoms with Crippen molar-refractivity contribution in [2.24, 2.45) is 0 Å². The molecular formula is C20H19NO5. The van der Waals surface area contributed by atoms with Gasteiger partial charge in [-0.15, -0.1) is 0 Å². The number of ether oxygens (including phenoxy) is 2. The molecule has 0 aliphatic carbocycles. The summed E-state index contributed by atoms with van der Waals surface area (Å²) in [7, 11) is 1.59. The van der Waals surface area contributed by atoms with Crippen molar-refractivity contribution in [3.05, 3.63) is 65.2 Å². The highest BCUT2D eigenvalue weighted by atomic mass is 16.5. The van der Waals surface area contributed by atoms with E-state index in [2.05, 4.69) is 0 Å². The Morgan fingerprint density at radius 1 is 1.00 bits per heavy atom. The summed E-state index contributed by atoms with van der Waals surface area (Å²) < 4.78 is 10.3. The largest absolute Gasteiger partial charge is 0.497 e. The van der Waals surface area contributed by atoms with E-state index in [1.807, 2.05) is 24.3 Å². The molecule has 0 aromatic heterocycles. The van der Waals surface area contributed by atoms with Crippen molar-refractivity contribution in [3.8, 4) is 5.75 Å². The highest BCUT2D eigenvalue weighted by molar-refractivity contribution is 6.22. The number of rotatable bonds is 6. The molecule has 1 atom stereocenters. The van der Waals surface area contributed by atoms with Crippen molar-refractivity contribution < 1.29 is 23.9 Å². The Bertz CT molecular complexity index is 809. The van der Waals surface area contributed by atoms with Gasteiger partial charge in [-0.1, -0.05) is 24.3 Å². The molecule has 2 aromatic rings. The molecule has 134 valence electrons. The zero-order valence-electron chi connectivity index (χ0n) is 14.6. The summed E-state index contributed by atoms with van der Waals surface area (Å²) >= 11 is 0. The Morgan fingerprint density at radius 2 is 1.58 bits per heavy atom. The van der Waals surface area contributed by atoms with Crippen LogP contribution in [0.25, 0.3) is 0 Å². The lowest BCUT2D eigenvalue weighted by molar-refractivity contribution is -0.147. The number of carbonyl (C=O) groups excluding carboxylic acids is 3. The Labute approximate surface area is 151 Å². The predicted molar refractivity (Wildman–Crippen MR) is 94.1 cm³/mol. The molecule has 2 amide bonds. The van der Waals surface area contributed by atoms with E-state index < -0.39 is 23.8 Å². The third-order valence-corrected chi connectivity index (χ3v) is 4.35. The summed E-state index contributed by atoms with van der Waals surface area (Å²) in [4.78, 5) is 38.0. The summed E-state index contributed by atoms with van der Waals surface area (Å²) in [6.07, 6.45) is 0.532. The van der Waals surface area contributed by atoms with Crippen molar-refractivity contribution in [2.45, 2.75) is 19.4 Å². The van der Waals surface area contributed by atoms with Gasteiger partial charge in [0, 0.05) is 6.42 Å². The number of benzene rings is 2. The molecule has 0 saturated heterocycles. The van der Waals surface area contributed by atoms with E-state index in [4.69, 9.17) is 9.47 Å². The average Bonchev–Trinajstić information content (AvgIpc) is 2.92. The fourth-order valence-electron chi connectivity index (χ4n) is 2.85.